The maximum absolute atomic E-state index is 12.5. The third-order valence-electron chi connectivity index (χ3n) is 5.62. The molecule has 34 heavy (non-hydrogen) atoms. The molecule has 6 heteroatoms. The molecule has 1 amide bonds. The molecule has 0 spiro atoms. The molecule has 1 saturated heterocycles. The van der Waals surface area contributed by atoms with Gasteiger partial charge in [-0.1, -0.05) is 91.6 Å². The van der Waals surface area contributed by atoms with Crippen molar-refractivity contribution in [2.24, 2.45) is 0 Å². The molecule has 0 bridgehead atoms. The van der Waals surface area contributed by atoms with E-state index in [0.717, 1.165) is 17.5 Å². The lowest BCUT2D eigenvalue weighted by Crippen LogP contribution is -2.28. The summed E-state index contributed by atoms with van der Waals surface area (Å²) in [5.74, 6) is 0.964. The Hall–Kier alpha value is -4.19. The zero-order chi connectivity index (χ0) is 23.8. The summed E-state index contributed by atoms with van der Waals surface area (Å²) >= 11 is 0. The van der Waals surface area contributed by atoms with E-state index in [-0.39, 0.29) is 18.7 Å². The van der Waals surface area contributed by atoms with Gasteiger partial charge in [0, 0.05) is 6.20 Å². The van der Waals surface area contributed by atoms with Crippen molar-refractivity contribution in [2.45, 2.75) is 25.4 Å². The molecule has 0 saturated carbocycles. The first-order chi connectivity index (χ1) is 16.7. The average Bonchev–Trinajstić information content (AvgIpc) is 3.26. The first-order valence-corrected chi connectivity index (χ1v) is 11.3. The lowest BCUT2D eigenvalue weighted by molar-refractivity contribution is 0.179. The SMILES string of the molecule is C=C/C=C\C=C/Cc1ccc(C(C)Nc2nccc(N3C(=O)OC[C@H]3c3ccccc3)n2)cc1. The predicted molar refractivity (Wildman–Crippen MR) is 136 cm³/mol. The van der Waals surface area contributed by atoms with Crippen LogP contribution in [0, 0.1) is 0 Å². The molecule has 1 fully saturated rings. The average molecular weight is 453 g/mol. The minimum Gasteiger partial charge on any atom is -0.447 e. The maximum atomic E-state index is 12.5. The number of allylic oxidation sites excluding steroid dienone is 5. The molecule has 2 heterocycles. The molecule has 172 valence electrons. The van der Waals surface area contributed by atoms with Crippen molar-refractivity contribution in [1.82, 2.24) is 9.97 Å². The second-order valence-electron chi connectivity index (χ2n) is 7.97. The van der Waals surface area contributed by atoms with Crippen molar-refractivity contribution in [2.75, 3.05) is 16.8 Å². The van der Waals surface area contributed by atoms with E-state index in [0.29, 0.717) is 11.8 Å². The summed E-state index contributed by atoms with van der Waals surface area (Å²) in [6.07, 6.45) is 11.9. The summed E-state index contributed by atoms with van der Waals surface area (Å²) < 4.78 is 5.33. The fraction of sp³-hybridized carbons (Fsp3) is 0.179. The number of hydrogen-bond acceptors (Lipinski definition) is 5. The van der Waals surface area contributed by atoms with Crippen LogP contribution in [-0.2, 0) is 11.2 Å². The fourth-order valence-corrected chi connectivity index (χ4v) is 3.79. The van der Waals surface area contributed by atoms with Crippen LogP contribution in [0.3, 0.4) is 0 Å². The number of carbonyl (C=O) groups excluding carboxylic acids is 1. The summed E-state index contributed by atoms with van der Waals surface area (Å²) in [7, 11) is 0. The Balaban J connectivity index is 1.44. The van der Waals surface area contributed by atoms with E-state index in [4.69, 9.17) is 4.74 Å². The van der Waals surface area contributed by atoms with Gasteiger partial charge in [-0.25, -0.2) is 9.78 Å². The van der Waals surface area contributed by atoms with Gasteiger partial charge in [-0.15, -0.1) is 0 Å². The van der Waals surface area contributed by atoms with Gasteiger partial charge < -0.3 is 10.1 Å². The highest BCUT2D eigenvalue weighted by Crippen LogP contribution is 2.32. The van der Waals surface area contributed by atoms with Crippen molar-refractivity contribution >= 4 is 17.9 Å². The summed E-state index contributed by atoms with van der Waals surface area (Å²) in [4.78, 5) is 23.0. The monoisotopic (exact) mass is 452 g/mol. The molecule has 1 aromatic heterocycles. The topological polar surface area (TPSA) is 67.4 Å². The van der Waals surface area contributed by atoms with E-state index >= 15 is 0 Å². The highest BCUT2D eigenvalue weighted by molar-refractivity contribution is 5.89. The van der Waals surface area contributed by atoms with E-state index in [2.05, 4.69) is 59.1 Å². The zero-order valence-corrected chi connectivity index (χ0v) is 19.2. The highest BCUT2D eigenvalue weighted by atomic mass is 16.6. The van der Waals surface area contributed by atoms with Gasteiger partial charge in [0.1, 0.15) is 18.5 Å². The Morgan fingerprint density at radius 2 is 1.91 bits per heavy atom. The third kappa shape index (κ3) is 5.59. The number of rotatable bonds is 9. The summed E-state index contributed by atoms with van der Waals surface area (Å²) in [6.45, 7) is 6.01. The third-order valence-corrected chi connectivity index (χ3v) is 5.62. The molecular formula is C28H28N4O2. The number of anilines is 2. The number of nitrogens with one attached hydrogen (secondary N) is 1. The zero-order valence-electron chi connectivity index (χ0n) is 19.2. The minimum atomic E-state index is -0.406. The number of amides is 1. The van der Waals surface area contributed by atoms with E-state index in [1.165, 1.54) is 5.56 Å². The maximum Gasteiger partial charge on any atom is 0.416 e. The molecule has 2 atom stereocenters. The molecule has 2 aromatic carbocycles. The quantitative estimate of drug-likeness (QED) is 0.392. The number of nitrogens with zero attached hydrogens (tertiary/aromatic N) is 3. The standard InChI is InChI=1S/C28H28N4O2/c1-3-4-5-6-8-11-22-14-16-23(17-15-22)21(2)30-27-29-19-18-26(31-27)32-25(20-34-28(32)33)24-12-9-7-10-13-24/h3-10,12-19,21,25H,1,11,20H2,2H3,(H,29,30,31)/b5-4-,8-6-/t21?,25-/m0/s1. The van der Waals surface area contributed by atoms with E-state index in [1.54, 1.807) is 23.2 Å². The number of ether oxygens (including phenoxy) is 1. The smallest absolute Gasteiger partial charge is 0.416 e. The second kappa shape index (κ2) is 11.1. The highest BCUT2D eigenvalue weighted by Gasteiger charge is 2.36. The number of cyclic esters (lactones) is 1. The number of aromatic nitrogens is 2. The second-order valence-corrected chi connectivity index (χ2v) is 7.97. The van der Waals surface area contributed by atoms with Crippen molar-refractivity contribution in [1.29, 1.82) is 0 Å². The van der Waals surface area contributed by atoms with Gasteiger partial charge in [0.2, 0.25) is 5.95 Å². The normalized spacial score (nSPS) is 16.7. The fourth-order valence-electron chi connectivity index (χ4n) is 3.79. The van der Waals surface area contributed by atoms with Gasteiger partial charge >= 0.3 is 6.09 Å². The molecule has 1 aliphatic rings. The van der Waals surface area contributed by atoms with Crippen molar-refractivity contribution in [3.63, 3.8) is 0 Å². The molecular weight excluding hydrogens is 424 g/mol. The minimum absolute atomic E-state index is 0.00850. The van der Waals surface area contributed by atoms with Crippen LogP contribution in [0.25, 0.3) is 0 Å². The van der Waals surface area contributed by atoms with E-state index in [9.17, 15) is 4.79 Å². The Kier molecular flexibility index (Phi) is 7.50. The Labute approximate surface area is 200 Å². The molecule has 1 unspecified atom stereocenters. The van der Waals surface area contributed by atoms with Gasteiger partial charge in [-0.3, -0.25) is 4.90 Å². The summed E-state index contributed by atoms with van der Waals surface area (Å²) in [6, 6.07) is 19.8. The molecule has 0 radical (unpaired) electrons. The van der Waals surface area contributed by atoms with Crippen LogP contribution >= 0.6 is 0 Å². The first-order valence-electron chi connectivity index (χ1n) is 11.3. The number of carbonyl (C=O) groups is 1. The van der Waals surface area contributed by atoms with Gasteiger partial charge in [-0.2, -0.15) is 4.98 Å². The van der Waals surface area contributed by atoms with Gasteiger partial charge in [-0.05, 0) is 36.1 Å². The molecule has 6 nitrogen and oxygen atoms in total. The van der Waals surface area contributed by atoms with Crippen LogP contribution in [0.5, 0.6) is 0 Å². The van der Waals surface area contributed by atoms with Crippen LogP contribution in [0.15, 0.2) is 104 Å². The molecule has 4 rings (SSSR count). The molecule has 0 aliphatic carbocycles. The largest absolute Gasteiger partial charge is 0.447 e. The van der Waals surface area contributed by atoms with Gasteiger partial charge in [0.25, 0.3) is 0 Å². The van der Waals surface area contributed by atoms with E-state index in [1.807, 2.05) is 48.6 Å². The Bertz CT molecular complexity index is 1170. The Morgan fingerprint density at radius 3 is 2.68 bits per heavy atom. The van der Waals surface area contributed by atoms with Crippen LogP contribution in [0.4, 0.5) is 16.6 Å². The van der Waals surface area contributed by atoms with Crippen molar-refractivity contribution in [3.05, 3.63) is 121 Å². The number of benzene rings is 2. The molecule has 1 N–H and O–H groups in total. The Morgan fingerprint density at radius 1 is 1.12 bits per heavy atom. The number of hydrogen-bond donors (Lipinski definition) is 1. The van der Waals surface area contributed by atoms with Crippen LogP contribution in [0.1, 0.15) is 35.7 Å². The molecule has 1 aliphatic heterocycles. The van der Waals surface area contributed by atoms with Crippen LogP contribution in [-0.4, -0.2) is 22.7 Å². The van der Waals surface area contributed by atoms with Crippen LogP contribution < -0.4 is 10.2 Å². The lowest BCUT2D eigenvalue weighted by Gasteiger charge is -2.21. The lowest BCUT2D eigenvalue weighted by atomic mass is 10.0. The van der Waals surface area contributed by atoms with Crippen molar-refractivity contribution in [3.8, 4) is 0 Å². The van der Waals surface area contributed by atoms with Crippen molar-refractivity contribution < 1.29 is 9.53 Å². The van der Waals surface area contributed by atoms with Crippen LogP contribution in [0.2, 0.25) is 0 Å². The molecule has 3 aromatic rings. The van der Waals surface area contributed by atoms with Gasteiger partial charge in [0.15, 0.2) is 0 Å². The predicted octanol–water partition coefficient (Wildman–Crippen LogP) is 6.19. The summed E-state index contributed by atoms with van der Waals surface area (Å²) in [5.41, 5.74) is 3.36. The van der Waals surface area contributed by atoms with E-state index < -0.39 is 6.09 Å². The first kappa shape index (κ1) is 23.0. The van der Waals surface area contributed by atoms with Gasteiger partial charge in [0.05, 0.1) is 6.04 Å². The summed E-state index contributed by atoms with van der Waals surface area (Å²) in [5, 5.41) is 3.34.